The molecule has 1 fully saturated rings. The molecule has 2 aromatic heterocycles. The Balaban J connectivity index is 1.48. The molecule has 1 aliphatic heterocycles. The van der Waals surface area contributed by atoms with Crippen LogP contribution in [0.1, 0.15) is 15.2 Å². The van der Waals surface area contributed by atoms with E-state index in [2.05, 4.69) is 27.0 Å². The zero-order valence-corrected chi connectivity index (χ0v) is 15.6. The zero-order valence-electron chi connectivity index (χ0n) is 14.8. The SMILES string of the molecule is COc1ccnc(N2CCN(C(=O)c3sc4ccccc4c3C)CC2)n1. The van der Waals surface area contributed by atoms with Crippen molar-refractivity contribution in [1.29, 1.82) is 0 Å². The van der Waals surface area contributed by atoms with Crippen molar-refractivity contribution in [3.05, 3.63) is 47.0 Å². The van der Waals surface area contributed by atoms with E-state index in [-0.39, 0.29) is 5.91 Å². The second kappa shape index (κ2) is 6.92. The van der Waals surface area contributed by atoms with Gasteiger partial charge in [-0.2, -0.15) is 4.98 Å². The van der Waals surface area contributed by atoms with Gasteiger partial charge in [-0.05, 0) is 23.9 Å². The molecule has 0 spiro atoms. The molecule has 26 heavy (non-hydrogen) atoms. The van der Waals surface area contributed by atoms with Crippen LogP contribution in [0.2, 0.25) is 0 Å². The third kappa shape index (κ3) is 2.99. The number of thiophene rings is 1. The number of carbonyl (C=O) groups is 1. The Morgan fingerprint density at radius 3 is 2.65 bits per heavy atom. The van der Waals surface area contributed by atoms with Gasteiger partial charge in [0.2, 0.25) is 11.8 Å². The third-order valence-electron chi connectivity index (χ3n) is 4.71. The fourth-order valence-corrected chi connectivity index (χ4v) is 4.41. The molecule has 0 aliphatic carbocycles. The number of nitrogens with zero attached hydrogens (tertiary/aromatic N) is 4. The summed E-state index contributed by atoms with van der Waals surface area (Å²) in [6.45, 7) is 4.78. The maximum Gasteiger partial charge on any atom is 0.264 e. The summed E-state index contributed by atoms with van der Waals surface area (Å²) in [5.41, 5.74) is 1.08. The predicted molar refractivity (Wildman–Crippen MR) is 103 cm³/mol. The number of benzene rings is 1. The molecule has 0 saturated carbocycles. The van der Waals surface area contributed by atoms with E-state index in [4.69, 9.17) is 4.74 Å². The summed E-state index contributed by atoms with van der Waals surface area (Å²) >= 11 is 1.58. The van der Waals surface area contributed by atoms with E-state index >= 15 is 0 Å². The van der Waals surface area contributed by atoms with Crippen LogP contribution in [-0.4, -0.2) is 54.1 Å². The third-order valence-corrected chi connectivity index (χ3v) is 5.97. The Kier molecular flexibility index (Phi) is 4.46. The van der Waals surface area contributed by atoms with E-state index in [0.717, 1.165) is 15.1 Å². The molecule has 1 amide bonds. The van der Waals surface area contributed by atoms with Gasteiger partial charge in [-0.1, -0.05) is 18.2 Å². The number of hydrogen-bond donors (Lipinski definition) is 0. The van der Waals surface area contributed by atoms with E-state index in [9.17, 15) is 4.79 Å². The predicted octanol–water partition coefficient (Wildman–Crippen LogP) is 2.97. The molecule has 4 rings (SSSR count). The zero-order chi connectivity index (χ0) is 18.1. The topological polar surface area (TPSA) is 58.6 Å². The Labute approximate surface area is 156 Å². The van der Waals surface area contributed by atoms with Crippen molar-refractivity contribution in [3.63, 3.8) is 0 Å². The van der Waals surface area contributed by atoms with Gasteiger partial charge < -0.3 is 14.5 Å². The standard InChI is InChI=1S/C19H20N4O2S/c1-13-14-5-3-4-6-15(14)26-17(13)18(24)22-9-11-23(12-10-22)19-20-8-7-16(21-19)25-2/h3-8H,9-12H2,1-2H3. The van der Waals surface area contributed by atoms with Crippen molar-refractivity contribution in [2.45, 2.75) is 6.92 Å². The minimum atomic E-state index is 0.120. The van der Waals surface area contributed by atoms with Crippen molar-refractivity contribution < 1.29 is 9.53 Å². The normalized spacial score (nSPS) is 14.7. The summed E-state index contributed by atoms with van der Waals surface area (Å²) in [7, 11) is 1.59. The van der Waals surface area contributed by atoms with Gasteiger partial charge >= 0.3 is 0 Å². The quantitative estimate of drug-likeness (QED) is 0.711. The van der Waals surface area contributed by atoms with Gasteiger partial charge in [0.15, 0.2) is 0 Å². The first kappa shape index (κ1) is 16.8. The number of hydrogen-bond acceptors (Lipinski definition) is 6. The van der Waals surface area contributed by atoms with Gasteiger partial charge in [0, 0.05) is 43.1 Å². The van der Waals surface area contributed by atoms with Crippen LogP contribution in [0.15, 0.2) is 36.5 Å². The first-order chi connectivity index (χ1) is 12.7. The van der Waals surface area contributed by atoms with E-state index < -0.39 is 0 Å². The number of piperazine rings is 1. The van der Waals surface area contributed by atoms with Crippen LogP contribution >= 0.6 is 11.3 Å². The molecule has 0 unspecified atom stereocenters. The highest BCUT2D eigenvalue weighted by Crippen LogP contribution is 2.31. The van der Waals surface area contributed by atoms with Gasteiger partial charge in [-0.25, -0.2) is 4.98 Å². The lowest BCUT2D eigenvalue weighted by molar-refractivity contribution is 0.0750. The van der Waals surface area contributed by atoms with Crippen LogP contribution in [0.5, 0.6) is 5.88 Å². The monoisotopic (exact) mass is 368 g/mol. The number of methoxy groups -OCH3 is 1. The van der Waals surface area contributed by atoms with Crippen LogP contribution in [0, 0.1) is 6.92 Å². The van der Waals surface area contributed by atoms with E-state index in [0.29, 0.717) is 38.0 Å². The van der Waals surface area contributed by atoms with Crippen molar-refractivity contribution in [3.8, 4) is 5.88 Å². The number of anilines is 1. The van der Waals surface area contributed by atoms with Crippen LogP contribution in [0.3, 0.4) is 0 Å². The summed E-state index contributed by atoms with van der Waals surface area (Å²) < 4.78 is 6.33. The minimum absolute atomic E-state index is 0.120. The second-order valence-corrected chi connectivity index (χ2v) is 7.28. The van der Waals surface area contributed by atoms with Crippen LogP contribution < -0.4 is 9.64 Å². The molecule has 1 aliphatic rings. The first-order valence-electron chi connectivity index (χ1n) is 8.57. The number of amides is 1. The molecule has 134 valence electrons. The number of rotatable bonds is 3. The maximum atomic E-state index is 13.0. The molecule has 6 nitrogen and oxygen atoms in total. The van der Waals surface area contributed by atoms with Crippen molar-refractivity contribution in [2.24, 2.45) is 0 Å². The lowest BCUT2D eigenvalue weighted by Crippen LogP contribution is -2.49. The minimum Gasteiger partial charge on any atom is -0.481 e. The molecule has 0 N–H and O–H groups in total. The lowest BCUT2D eigenvalue weighted by atomic mass is 10.1. The Hall–Kier alpha value is -2.67. The lowest BCUT2D eigenvalue weighted by Gasteiger charge is -2.34. The van der Waals surface area contributed by atoms with Gasteiger partial charge in [0.25, 0.3) is 5.91 Å². The molecule has 1 aromatic carbocycles. The Bertz CT molecular complexity index is 948. The number of aryl methyl sites for hydroxylation is 1. The highest BCUT2D eigenvalue weighted by Gasteiger charge is 2.26. The van der Waals surface area contributed by atoms with E-state index in [1.165, 1.54) is 5.39 Å². The van der Waals surface area contributed by atoms with Gasteiger partial charge in [-0.15, -0.1) is 11.3 Å². The Morgan fingerprint density at radius 2 is 1.92 bits per heavy atom. The number of fused-ring (bicyclic) bond motifs is 1. The molecule has 3 aromatic rings. The van der Waals surface area contributed by atoms with Crippen molar-refractivity contribution in [1.82, 2.24) is 14.9 Å². The maximum absolute atomic E-state index is 13.0. The molecule has 7 heteroatoms. The largest absolute Gasteiger partial charge is 0.481 e. The molecule has 1 saturated heterocycles. The molecule has 0 radical (unpaired) electrons. The number of aromatic nitrogens is 2. The van der Waals surface area contributed by atoms with Gasteiger partial charge in [0.1, 0.15) is 0 Å². The fraction of sp³-hybridized carbons (Fsp3) is 0.316. The number of ether oxygens (including phenoxy) is 1. The smallest absolute Gasteiger partial charge is 0.264 e. The average molecular weight is 368 g/mol. The molecule has 3 heterocycles. The molecule has 0 bridgehead atoms. The van der Waals surface area contributed by atoms with E-state index in [1.54, 1.807) is 30.7 Å². The molecular formula is C19H20N4O2S. The molecule has 0 atom stereocenters. The highest BCUT2D eigenvalue weighted by molar-refractivity contribution is 7.21. The van der Waals surface area contributed by atoms with E-state index in [1.807, 2.05) is 24.0 Å². The Morgan fingerprint density at radius 1 is 1.15 bits per heavy atom. The summed E-state index contributed by atoms with van der Waals surface area (Å²) in [5.74, 6) is 1.32. The fourth-order valence-electron chi connectivity index (χ4n) is 3.23. The van der Waals surface area contributed by atoms with Crippen LogP contribution in [-0.2, 0) is 0 Å². The van der Waals surface area contributed by atoms with Crippen molar-refractivity contribution in [2.75, 3.05) is 38.2 Å². The van der Waals surface area contributed by atoms with Crippen LogP contribution in [0.25, 0.3) is 10.1 Å². The summed E-state index contributed by atoms with van der Waals surface area (Å²) in [6, 6.07) is 9.91. The second-order valence-electron chi connectivity index (χ2n) is 6.23. The van der Waals surface area contributed by atoms with Gasteiger partial charge in [-0.3, -0.25) is 4.79 Å². The van der Waals surface area contributed by atoms with Gasteiger partial charge in [0.05, 0.1) is 12.0 Å². The van der Waals surface area contributed by atoms with Crippen molar-refractivity contribution >= 4 is 33.3 Å². The first-order valence-corrected chi connectivity index (χ1v) is 9.38. The van der Waals surface area contributed by atoms with Crippen LogP contribution in [0.4, 0.5) is 5.95 Å². The summed E-state index contributed by atoms with van der Waals surface area (Å²) in [6.07, 6.45) is 1.69. The summed E-state index contributed by atoms with van der Waals surface area (Å²) in [5, 5.41) is 1.17. The molecular weight excluding hydrogens is 348 g/mol. The average Bonchev–Trinajstić information content (AvgIpc) is 3.04. The summed E-state index contributed by atoms with van der Waals surface area (Å²) in [4.78, 5) is 26.5. The number of carbonyl (C=O) groups excluding carboxylic acids is 1. The highest BCUT2D eigenvalue weighted by atomic mass is 32.1.